The molecule has 1 saturated carbocycles. The molecule has 1 aliphatic carbocycles. The van der Waals surface area contributed by atoms with Crippen molar-refractivity contribution in [3.63, 3.8) is 0 Å². The predicted molar refractivity (Wildman–Crippen MR) is 77.4 cm³/mol. The third-order valence-electron chi connectivity index (χ3n) is 4.00. The van der Waals surface area contributed by atoms with Gasteiger partial charge in [0.1, 0.15) is 5.82 Å². The molecule has 0 spiro atoms. The molecule has 2 unspecified atom stereocenters. The SMILES string of the molecule is COC(=O)c1ccc(F)cc1NC1CCCC(C)CC1. The average Bonchev–Trinajstić information content (AvgIpc) is 2.63. The van der Waals surface area contributed by atoms with Crippen molar-refractivity contribution < 1.29 is 13.9 Å². The highest BCUT2D eigenvalue weighted by atomic mass is 19.1. The highest BCUT2D eigenvalue weighted by molar-refractivity contribution is 5.95. The summed E-state index contributed by atoms with van der Waals surface area (Å²) in [6.07, 6.45) is 5.69. The number of hydrogen-bond acceptors (Lipinski definition) is 3. The van der Waals surface area contributed by atoms with Gasteiger partial charge >= 0.3 is 5.97 Å². The van der Waals surface area contributed by atoms with Crippen molar-refractivity contribution in [2.75, 3.05) is 12.4 Å². The van der Waals surface area contributed by atoms with Gasteiger partial charge in [0.25, 0.3) is 0 Å². The van der Waals surface area contributed by atoms with Gasteiger partial charge in [-0.2, -0.15) is 0 Å². The summed E-state index contributed by atoms with van der Waals surface area (Å²) in [4.78, 5) is 11.7. The average molecular weight is 279 g/mol. The Bertz CT molecular complexity index is 476. The molecule has 110 valence electrons. The first kappa shape index (κ1) is 14.8. The molecule has 1 aromatic rings. The molecule has 20 heavy (non-hydrogen) atoms. The van der Waals surface area contributed by atoms with E-state index >= 15 is 0 Å². The van der Waals surface area contributed by atoms with Crippen LogP contribution in [-0.4, -0.2) is 19.1 Å². The van der Waals surface area contributed by atoms with E-state index in [2.05, 4.69) is 12.2 Å². The van der Waals surface area contributed by atoms with E-state index in [1.807, 2.05) is 0 Å². The lowest BCUT2D eigenvalue weighted by atomic mass is 10.0. The highest BCUT2D eigenvalue weighted by Gasteiger charge is 2.19. The second-order valence-electron chi connectivity index (χ2n) is 5.64. The molecule has 2 atom stereocenters. The highest BCUT2D eigenvalue weighted by Crippen LogP contribution is 2.27. The summed E-state index contributed by atoms with van der Waals surface area (Å²) in [6.45, 7) is 2.27. The van der Waals surface area contributed by atoms with Gasteiger partial charge in [-0.05, 0) is 43.4 Å². The maximum Gasteiger partial charge on any atom is 0.339 e. The molecule has 1 N–H and O–H groups in total. The Hall–Kier alpha value is -1.58. The van der Waals surface area contributed by atoms with Crippen LogP contribution in [0.2, 0.25) is 0 Å². The third-order valence-corrected chi connectivity index (χ3v) is 4.00. The largest absolute Gasteiger partial charge is 0.465 e. The molecule has 1 aliphatic rings. The van der Waals surface area contributed by atoms with Gasteiger partial charge in [0.2, 0.25) is 0 Å². The molecule has 3 nitrogen and oxygen atoms in total. The van der Waals surface area contributed by atoms with Crippen LogP contribution >= 0.6 is 0 Å². The zero-order chi connectivity index (χ0) is 14.5. The van der Waals surface area contributed by atoms with Crippen LogP contribution in [0.3, 0.4) is 0 Å². The summed E-state index contributed by atoms with van der Waals surface area (Å²) in [5.41, 5.74) is 0.933. The second-order valence-corrected chi connectivity index (χ2v) is 5.64. The smallest absolute Gasteiger partial charge is 0.339 e. The van der Waals surface area contributed by atoms with Gasteiger partial charge in [0.15, 0.2) is 0 Å². The van der Waals surface area contributed by atoms with Gasteiger partial charge in [-0.15, -0.1) is 0 Å². The van der Waals surface area contributed by atoms with Gasteiger partial charge < -0.3 is 10.1 Å². The van der Waals surface area contributed by atoms with Crippen molar-refractivity contribution in [2.45, 2.75) is 45.1 Å². The molecule has 0 amide bonds. The van der Waals surface area contributed by atoms with Crippen LogP contribution in [0.4, 0.5) is 10.1 Å². The molecule has 0 heterocycles. The minimum absolute atomic E-state index is 0.296. The van der Waals surface area contributed by atoms with Crippen LogP contribution in [0.5, 0.6) is 0 Å². The standard InChI is InChI=1S/C16H22FNO2/c1-11-4-3-5-13(8-6-11)18-15-10-12(17)7-9-14(15)16(19)20-2/h7,9-11,13,18H,3-6,8H2,1-2H3. The molecule has 1 fully saturated rings. The molecule has 0 saturated heterocycles. The number of ether oxygens (including phenoxy) is 1. The number of rotatable bonds is 3. The number of carbonyl (C=O) groups excluding carboxylic acids is 1. The molecule has 0 aliphatic heterocycles. The summed E-state index contributed by atoms with van der Waals surface area (Å²) in [5, 5.41) is 3.33. The van der Waals surface area contributed by atoms with Gasteiger partial charge in [-0.3, -0.25) is 0 Å². The quantitative estimate of drug-likeness (QED) is 0.671. The van der Waals surface area contributed by atoms with E-state index in [1.165, 1.54) is 44.6 Å². The van der Waals surface area contributed by atoms with E-state index in [1.54, 1.807) is 0 Å². The van der Waals surface area contributed by atoms with Crippen LogP contribution in [0, 0.1) is 11.7 Å². The van der Waals surface area contributed by atoms with Crippen molar-refractivity contribution in [1.82, 2.24) is 0 Å². The summed E-state index contributed by atoms with van der Waals surface area (Å²) >= 11 is 0. The summed E-state index contributed by atoms with van der Waals surface area (Å²) in [6, 6.07) is 4.43. The molecule has 0 bridgehead atoms. The topological polar surface area (TPSA) is 38.3 Å². The van der Waals surface area contributed by atoms with E-state index in [0.717, 1.165) is 18.8 Å². The minimum atomic E-state index is -0.436. The molecular formula is C16H22FNO2. The molecule has 4 heteroatoms. The maximum absolute atomic E-state index is 13.4. The number of anilines is 1. The van der Waals surface area contributed by atoms with Gasteiger partial charge in [0.05, 0.1) is 18.4 Å². The maximum atomic E-state index is 13.4. The van der Waals surface area contributed by atoms with E-state index in [0.29, 0.717) is 17.3 Å². The van der Waals surface area contributed by atoms with E-state index in [9.17, 15) is 9.18 Å². The lowest BCUT2D eigenvalue weighted by molar-refractivity contribution is 0.0601. The fourth-order valence-electron chi connectivity index (χ4n) is 2.78. The zero-order valence-corrected chi connectivity index (χ0v) is 12.1. The Labute approximate surface area is 119 Å². The van der Waals surface area contributed by atoms with Crippen LogP contribution < -0.4 is 5.32 Å². The van der Waals surface area contributed by atoms with E-state index in [4.69, 9.17) is 4.74 Å². The van der Waals surface area contributed by atoms with Crippen molar-refractivity contribution in [3.05, 3.63) is 29.6 Å². The lowest BCUT2D eigenvalue weighted by Crippen LogP contribution is -2.20. The van der Waals surface area contributed by atoms with E-state index < -0.39 is 5.97 Å². The monoisotopic (exact) mass is 279 g/mol. The zero-order valence-electron chi connectivity index (χ0n) is 12.1. The number of benzene rings is 1. The Morgan fingerprint density at radius 1 is 1.30 bits per heavy atom. The number of methoxy groups -OCH3 is 1. The van der Waals surface area contributed by atoms with Crippen LogP contribution in [0.1, 0.15) is 49.4 Å². The van der Waals surface area contributed by atoms with Gasteiger partial charge in [0, 0.05) is 6.04 Å². The van der Waals surface area contributed by atoms with Crippen molar-refractivity contribution in [1.29, 1.82) is 0 Å². The van der Waals surface area contributed by atoms with Crippen LogP contribution in [-0.2, 0) is 4.74 Å². The second kappa shape index (κ2) is 6.73. The van der Waals surface area contributed by atoms with Crippen molar-refractivity contribution in [2.24, 2.45) is 5.92 Å². The van der Waals surface area contributed by atoms with Crippen LogP contribution in [0.25, 0.3) is 0 Å². The van der Waals surface area contributed by atoms with Crippen molar-refractivity contribution >= 4 is 11.7 Å². The number of halogens is 1. The first-order chi connectivity index (χ1) is 9.60. The van der Waals surface area contributed by atoms with E-state index in [-0.39, 0.29) is 5.82 Å². The van der Waals surface area contributed by atoms with Crippen molar-refractivity contribution in [3.8, 4) is 0 Å². The number of esters is 1. The fourth-order valence-corrected chi connectivity index (χ4v) is 2.78. The summed E-state index contributed by atoms with van der Waals surface area (Å²) < 4.78 is 18.2. The Kier molecular flexibility index (Phi) is 4.99. The van der Waals surface area contributed by atoms with Gasteiger partial charge in [-0.1, -0.05) is 19.8 Å². The summed E-state index contributed by atoms with van der Waals surface area (Å²) in [5.74, 6) is -0.0361. The number of nitrogens with one attached hydrogen (secondary N) is 1. The Morgan fingerprint density at radius 2 is 2.10 bits per heavy atom. The first-order valence-electron chi connectivity index (χ1n) is 7.24. The number of hydrogen-bond donors (Lipinski definition) is 1. The Morgan fingerprint density at radius 3 is 2.85 bits per heavy atom. The predicted octanol–water partition coefficient (Wildman–Crippen LogP) is 3.99. The minimum Gasteiger partial charge on any atom is -0.465 e. The van der Waals surface area contributed by atoms with Gasteiger partial charge in [-0.25, -0.2) is 9.18 Å². The normalized spacial score (nSPS) is 22.9. The molecule has 0 aromatic heterocycles. The molecule has 1 aromatic carbocycles. The lowest BCUT2D eigenvalue weighted by Gasteiger charge is -2.19. The third kappa shape index (κ3) is 3.71. The summed E-state index contributed by atoms with van der Waals surface area (Å²) in [7, 11) is 1.34. The number of carbonyl (C=O) groups is 1. The molecule has 0 radical (unpaired) electrons. The van der Waals surface area contributed by atoms with Crippen LogP contribution in [0.15, 0.2) is 18.2 Å². The Balaban J connectivity index is 2.15. The first-order valence-corrected chi connectivity index (χ1v) is 7.24. The molecule has 2 rings (SSSR count). The fraction of sp³-hybridized carbons (Fsp3) is 0.562. The molecular weight excluding hydrogens is 257 g/mol.